The minimum atomic E-state index is 0.135. The van der Waals surface area contributed by atoms with E-state index >= 15 is 0 Å². The van der Waals surface area contributed by atoms with Gasteiger partial charge in [0, 0.05) is 63.9 Å². The Labute approximate surface area is 237 Å². The molecular weight excluding hydrogens is 492 g/mol. The van der Waals surface area contributed by atoms with Gasteiger partial charge in [0.1, 0.15) is 0 Å². The smallest absolute Gasteiger partial charge is 0.223 e. The Morgan fingerprint density at radius 2 is 1.90 bits per heavy atom. The molecule has 11 heteroatoms. The summed E-state index contributed by atoms with van der Waals surface area (Å²) in [5.41, 5.74) is 7.21. The van der Waals surface area contributed by atoms with Crippen molar-refractivity contribution in [2.75, 3.05) is 79.7 Å². The fourth-order valence-electron chi connectivity index (χ4n) is 6.95. The molecule has 4 rings (SSSR count). The average Bonchev–Trinajstić information content (AvgIpc) is 3.40. The minimum Gasteiger partial charge on any atom is -0.356 e. The van der Waals surface area contributed by atoms with Gasteiger partial charge in [-0.05, 0) is 77.7 Å². The summed E-state index contributed by atoms with van der Waals surface area (Å²) in [6.45, 7) is 12.2. The molecule has 7 unspecified atom stereocenters. The van der Waals surface area contributed by atoms with Crippen LogP contribution in [0.15, 0.2) is 0 Å². The number of rotatable bonds is 14. The van der Waals surface area contributed by atoms with E-state index in [1.807, 2.05) is 7.05 Å². The first-order valence-corrected chi connectivity index (χ1v) is 15.8. The third-order valence-corrected chi connectivity index (χ3v) is 9.61. The quantitative estimate of drug-likeness (QED) is 0.137. The second-order valence-corrected chi connectivity index (χ2v) is 12.3. The lowest BCUT2D eigenvalue weighted by Crippen LogP contribution is -2.59. The summed E-state index contributed by atoms with van der Waals surface area (Å²) in [7, 11) is 4.22. The molecule has 0 bridgehead atoms. The maximum absolute atomic E-state index is 13.1. The second kappa shape index (κ2) is 16.5. The molecular formula is C28H58N10O. The Kier molecular flexibility index (Phi) is 13.2. The molecule has 0 aromatic carbocycles. The molecule has 11 nitrogen and oxygen atoms in total. The molecule has 3 saturated heterocycles. The average molecular weight is 551 g/mol. The van der Waals surface area contributed by atoms with Gasteiger partial charge in [0.15, 0.2) is 0 Å². The number of carbonyl (C=O) groups excluding carboxylic acids is 1. The number of hydrazine groups is 1. The summed E-state index contributed by atoms with van der Waals surface area (Å²) in [5, 5.41) is 21.0. The van der Waals surface area contributed by atoms with E-state index in [1.165, 1.54) is 12.8 Å². The highest BCUT2D eigenvalue weighted by Gasteiger charge is 2.38. The number of likely N-dealkylation sites (N-methyl/N-ethyl adjacent to an activating group) is 2. The van der Waals surface area contributed by atoms with E-state index in [4.69, 9.17) is 0 Å². The maximum atomic E-state index is 13.1. The van der Waals surface area contributed by atoms with Crippen LogP contribution in [0.4, 0.5) is 0 Å². The monoisotopic (exact) mass is 550 g/mol. The van der Waals surface area contributed by atoms with E-state index in [9.17, 15) is 4.79 Å². The molecule has 7 atom stereocenters. The molecule has 4 fully saturated rings. The number of nitrogens with one attached hydrogen (secondary N) is 8. The van der Waals surface area contributed by atoms with Crippen LogP contribution < -0.4 is 42.8 Å². The Morgan fingerprint density at radius 1 is 1.03 bits per heavy atom. The Hall–Kier alpha value is -0.890. The van der Waals surface area contributed by atoms with Gasteiger partial charge in [-0.3, -0.25) is 15.0 Å². The normalized spacial score (nSPS) is 34.4. The van der Waals surface area contributed by atoms with Gasteiger partial charge in [0.05, 0.1) is 12.3 Å². The zero-order valence-corrected chi connectivity index (χ0v) is 24.9. The second-order valence-electron chi connectivity index (χ2n) is 12.3. The Bertz CT molecular complexity index is 708. The molecule has 226 valence electrons. The van der Waals surface area contributed by atoms with Crippen molar-refractivity contribution in [3.8, 4) is 0 Å². The highest BCUT2D eigenvalue weighted by molar-refractivity contribution is 5.78. The first-order valence-electron chi connectivity index (χ1n) is 15.8. The first kappa shape index (κ1) is 31.1. The largest absolute Gasteiger partial charge is 0.356 e. The molecule has 0 spiro atoms. The maximum Gasteiger partial charge on any atom is 0.223 e. The molecule has 0 aromatic heterocycles. The molecule has 0 aromatic rings. The molecule has 39 heavy (non-hydrogen) atoms. The van der Waals surface area contributed by atoms with Gasteiger partial charge in [-0.25, -0.2) is 10.9 Å². The van der Waals surface area contributed by atoms with Crippen molar-refractivity contribution >= 4 is 5.91 Å². The van der Waals surface area contributed by atoms with Gasteiger partial charge in [-0.1, -0.05) is 19.8 Å². The van der Waals surface area contributed by atoms with Gasteiger partial charge < -0.3 is 31.5 Å². The Morgan fingerprint density at radius 3 is 2.69 bits per heavy atom. The van der Waals surface area contributed by atoms with Crippen LogP contribution in [-0.4, -0.2) is 120 Å². The van der Waals surface area contributed by atoms with Crippen LogP contribution in [0.5, 0.6) is 0 Å². The van der Waals surface area contributed by atoms with Gasteiger partial charge in [0.25, 0.3) is 0 Å². The van der Waals surface area contributed by atoms with E-state index in [0.717, 1.165) is 97.7 Å². The minimum absolute atomic E-state index is 0.135. The van der Waals surface area contributed by atoms with Crippen molar-refractivity contribution < 1.29 is 4.79 Å². The highest BCUT2D eigenvalue weighted by Crippen LogP contribution is 2.26. The molecule has 1 amide bonds. The fraction of sp³-hybridized carbons (Fsp3) is 0.964. The van der Waals surface area contributed by atoms with Gasteiger partial charge in [0.2, 0.25) is 5.91 Å². The van der Waals surface area contributed by atoms with Crippen LogP contribution in [0.3, 0.4) is 0 Å². The standard InChI is InChI=1S/C28H58N10O/c1-4-21-17-30-10-8-23(21)18-33-28(39)22-6-5-7-24(16-22)32-19-26-35-36-27(25-9-11-31-20-34-25)38(26)15-14-37(3)13-12-29-2/h21-27,29-32,34-36H,4-20H2,1-3H3,(H,33,39). The van der Waals surface area contributed by atoms with Crippen LogP contribution in [0.25, 0.3) is 0 Å². The number of hydrogen-bond acceptors (Lipinski definition) is 10. The number of piperidine rings is 1. The number of carbonyl (C=O) groups is 1. The summed E-state index contributed by atoms with van der Waals surface area (Å²) in [6.07, 6.45) is 8.21. The van der Waals surface area contributed by atoms with Crippen LogP contribution in [0, 0.1) is 17.8 Å². The summed E-state index contributed by atoms with van der Waals surface area (Å²) in [6, 6.07) is 0.816. The summed E-state index contributed by atoms with van der Waals surface area (Å²) in [4.78, 5) is 18.1. The van der Waals surface area contributed by atoms with E-state index in [-0.39, 0.29) is 24.2 Å². The number of amides is 1. The summed E-state index contributed by atoms with van der Waals surface area (Å²) >= 11 is 0. The van der Waals surface area contributed by atoms with Crippen molar-refractivity contribution in [1.82, 2.24) is 52.6 Å². The fourth-order valence-corrected chi connectivity index (χ4v) is 6.95. The van der Waals surface area contributed by atoms with Crippen molar-refractivity contribution in [3.63, 3.8) is 0 Å². The molecule has 3 heterocycles. The predicted octanol–water partition coefficient (Wildman–Crippen LogP) is -0.991. The third kappa shape index (κ3) is 9.31. The lowest BCUT2D eigenvalue weighted by molar-refractivity contribution is -0.126. The van der Waals surface area contributed by atoms with Crippen LogP contribution in [-0.2, 0) is 4.79 Å². The molecule has 8 N–H and O–H groups in total. The molecule has 1 saturated carbocycles. The van der Waals surface area contributed by atoms with E-state index < -0.39 is 0 Å². The van der Waals surface area contributed by atoms with Crippen molar-refractivity contribution in [2.45, 2.75) is 76.3 Å². The van der Waals surface area contributed by atoms with E-state index in [0.29, 0.717) is 23.9 Å². The Balaban J connectivity index is 1.25. The lowest BCUT2D eigenvalue weighted by Gasteiger charge is -2.37. The summed E-state index contributed by atoms with van der Waals surface area (Å²) < 4.78 is 0. The van der Waals surface area contributed by atoms with Gasteiger partial charge in [-0.2, -0.15) is 0 Å². The highest BCUT2D eigenvalue weighted by atomic mass is 16.1. The SMILES string of the molecule is CCC1CNCCC1CNC(=O)C1CCCC(NCC2NNC(C3CCNCN3)N2CCN(C)CCNC)C1. The van der Waals surface area contributed by atoms with Crippen molar-refractivity contribution in [2.24, 2.45) is 17.8 Å². The van der Waals surface area contributed by atoms with Crippen LogP contribution in [0.1, 0.15) is 51.9 Å². The van der Waals surface area contributed by atoms with Crippen molar-refractivity contribution in [1.29, 1.82) is 0 Å². The lowest BCUT2D eigenvalue weighted by atomic mass is 9.83. The molecule has 1 aliphatic carbocycles. The zero-order chi connectivity index (χ0) is 27.5. The number of nitrogens with zero attached hydrogens (tertiary/aromatic N) is 2. The summed E-state index contributed by atoms with van der Waals surface area (Å²) in [5.74, 6) is 1.71. The van der Waals surface area contributed by atoms with E-state index in [1.54, 1.807) is 0 Å². The van der Waals surface area contributed by atoms with Gasteiger partial charge >= 0.3 is 0 Å². The molecule has 0 radical (unpaired) electrons. The van der Waals surface area contributed by atoms with Gasteiger partial charge in [-0.15, -0.1) is 0 Å². The first-order chi connectivity index (χ1) is 19.1. The van der Waals surface area contributed by atoms with Crippen LogP contribution in [0.2, 0.25) is 0 Å². The third-order valence-electron chi connectivity index (χ3n) is 9.61. The topological polar surface area (TPSA) is 120 Å². The predicted molar refractivity (Wildman–Crippen MR) is 158 cm³/mol. The molecule has 4 aliphatic rings. The van der Waals surface area contributed by atoms with Crippen LogP contribution >= 0.6 is 0 Å². The number of hydrogen-bond donors (Lipinski definition) is 8. The zero-order valence-electron chi connectivity index (χ0n) is 24.9. The van der Waals surface area contributed by atoms with Crippen molar-refractivity contribution in [3.05, 3.63) is 0 Å². The molecule has 3 aliphatic heterocycles. The van der Waals surface area contributed by atoms with E-state index in [2.05, 4.69) is 66.5 Å².